The van der Waals surface area contributed by atoms with Crippen molar-refractivity contribution in [3.63, 3.8) is 0 Å². The number of hydrogen-bond acceptors (Lipinski definition) is 10. The standard InChI is InChI=1S/C19H25ClN7O4P/c1-13(27-12-23-16-17(22-2)25-19(21)26-18(16)27)30-15(10-20)11-29-32(24-8-9-28)31-14-6-4-3-5-7-14/h3-7,9,12-13,15,24H,8,10-11H2,1-2H3,(H3,21,22,25,26). The highest BCUT2D eigenvalue weighted by Gasteiger charge is 2.21. The number of benzene rings is 1. The number of nitrogens with zero attached hydrogens (tertiary/aromatic N) is 4. The molecule has 0 bridgehead atoms. The number of hydrogen-bond donors (Lipinski definition) is 3. The van der Waals surface area contributed by atoms with Crippen molar-refractivity contribution in [1.82, 2.24) is 24.6 Å². The van der Waals surface area contributed by atoms with Crippen LogP contribution >= 0.6 is 20.1 Å². The van der Waals surface area contributed by atoms with Gasteiger partial charge >= 0.3 is 8.53 Å². The van der Waals surface area contributed by atoms with Gasteiger partial charge in [0, 0.05) is 7.05 Å². The molecule has 11 nitrogen and oxygen atoms in total. The number of fused-ring (bicyclic) bond motifs is 1. The first kappa shape index (κ1) is 24.1. The van der Waals surface area contributed by atoms with Crippen LogP contribution in [0, 0.1) is 0 Å². The number of nitrogen functional groups attached to an aromatic ring is 1. The fourth-order valence-corrected chi connectivity index (χ4v) is 3.99. The number of imidazole rings is 1. The van der Waals surface area contributed by atoms with Gasteiger partial charge in [-0.25, -0.2) is 10.1 Å². The molecule has 2 heterocycles. The third-order valence-corrected chi connectivity index (χ3v) is 5.79. The molecule has 0 fully saturated rings. The van der Waals surface area contributed by atoms with Crippen LogP contribution in [0.5, 0.6) is 5.75 Å². The Kier molecular flexibility index (Phi) is 8.95. The van der Waals surface area contributed by atoms with Crippen LogP contribution in [0.1, 0.15) is 13.2 Å². The van der Waals surface area contributed by atoms with E-state index in [1.165, 1.54) is 0 Å². The highest BCUT2D eigenvalue weighted by atomic mass is 35.5. The number of nitrogens with one attached hydrogen (secondary N) is 2. The molecule has 3 atom stereocenters. The average Bonchev–Trinajstić information content (AvgIpc) is 3.23. The number of para-hydroxylation sites is 1. The molecule has 0 spiro atoms. The second-order valence-corrected chi connectivity index (χ2v) is 8.08. The molecule has 0 aliphatic rings. The summed E-state index contributed by atoms with van der Waals surface area (Å²) in [7, 11) is 0.157. The van der Waals surface area contributed by atoms with Gasteiger partial charge < -0.3 is 29.6 Å². The molecule has 3 rings (SSSR count). The average molecular weight is 482 g/mol. The molecular formula is C19H25ClN7O4P. The van der Waals surface area contributed by atoms with Crippen LogP contribution in [0.2, 0.25) is 0 Å². The molecule has 0 radical (unpaired) electrons. The quantitative estimate of drug-likeness (QED) is 0.190. The lowest BCUT2D eigenvalue weighted by Crippen LogP contribution is -2.26. The lowest BCUT2D eigenvalue weighted by Gasteiger charge is -2.24. The molecule has 3 aromatic rings. The van der Waals surface area contributed by atoms with Crippen LogP contribution in [0.15, 0.2) is 36.7 Å². The first-order chi connectivity index (χ1) is 15.5. The summed E-state index contributed by atoms with van der Waals surface area (Å²) in [5, 5.41) is 5.87. The van der Waals surface area contributed by atoms with E-state index in [9.17, 15) is 4.79 Å². The van der Waals surface area contributed by atoms with Crippen LogP contribution < -0.4 is 20.7 Å². The van der Waals surface area contributed by atoms with Gasteiger partial charge in [0.15, 0.2) is 17.0 Å². The van der Waals surface area contributed by atoms with E-state index in [0.29, 0.717) is 22.7 Å². The Morgan fingerprint density at radius 1 is 1.31 bits per heavy atom. The Bertz CT molecular complexity index is 1010. The maximum Gasteiger partial charge on any atom is 0.318 e. The molecule has 0 saturated heterocycles. The molecule has 13 heteroatoms. The zero-order valence-electron chi connectivity index (χ0n) is 17.6. The first-order valence-electron chi connectivity index (χ1n) is 9.78. The van der Waals surface area contributed by atoms with Crippen molar-refractivity contribution in [1.29, 1.82) is 0 Å². The largest absolute Gasteiger partial charge is 0.436 e. The Morgan fingerprint density at radius 2 is 2.09 bits per heavy atom. The fourth-order valence-electron chi connectivity index (χ4n) is 2.78. The fraction of sp³-hybridized carbons (Fsp3) is 0.368. The maximum atomic E-state index is 10.8. The summed E-state index contributed by atoms with van der Waals surface area (Å²) in [4.78, 5) is 23.5. The van der Waals surface area contributed by atoms with Crippen LogP contribution in [0.4, 0.5) is 11.8 Å². The number of rotatable bonds is 13. The summed E-state index contributed by atoms with van der Waals surface area (Å²) in [6, 6.07) is 9.18. The van der Waals surface area contributed by atoms with Gasteiger partial charge in [0.1, 0.15) is 18.3 Å². The minimum Gasteiger partial charge on any atom is -0.436 e. The highest BCUT2D eigenvalue weighted by Crippen LogP contribution is 2.35. The Morgan fingerprint density at radius 3 is 2.78 bits per heavy atom. The van der Waals surface area contributed by atoms with Crippen LogP contribution in [-0.4, -0.2) is 58.0 Å². The molecular weight excluding hydrogens is 457 g/mol. The van der Waals surface area contributed by atoms with E-state index in [0.717, 1.165) is 6.29 Å². The highest BCUT2D eigenvalue weighted by molar-refractivity contribution is 7.45. The Labute approximate surface area is 191 Å². The van der Waals surface area contributed by atoms with E-state index in [4.69, 9.17) is 31.1 Å². The molecule has 0 aliphatic carbocycles. The van der Waals surface area contributed by atoms with Crippen LogP contribution in [0.25, 0.3) is 11.2 Å². The van der Waals surface area contributed by atoms with E-state index in [1.807, 2.05) is 25.1 Å². The summed E-state index contributed by atoms with van der Waals surface area (Å²) in [5.74, 6) is 1.45. The lowest BCUT2D eigenvalue weighted by molar-refractivity contribution is -0.106. The number of anilines is 2. The number of carbonyl (C=O) groups excluding carboxylic acids is 1. The maximum absolute atomic E-state index is 10.8. The summed E-state index contributed by atoms with van der Waals surface area (Å²) in [5.41, 5.74) is 6.92. The van der Waals surface area contributed by atoms with Crippen molar-refractivity contribution in [3.8, 4) is 5.75 Å². The van der Waals surface area contributed by atoms with Crippen molar-refractivity contribution in [2.75, 3.05) is 37.1 Å². The normalized spacial score (nSPS) is 14.1. The molecule has 1 aromatic carbocycles. The molecule has 0 saturated carbocycles. The number of alkyl halides is 1. The number of carbonyl (C=O) groups is 1. The predicted molar refractivity (Wildman–Crippen MR) is 124 cm³/mol. The first-order valence-corrected chi connectivity index (χ1v) is 11.5. The van der Waals surface area contributed by atoms with Crippen molar-refractivity contribution in [2.24, 2.45) is 0 Å². The van der Waals surface area contributed by atoms with E-state index in [1.54, 1.807) is 30.1 Å². The molecule has 3 unspecified atom stereocenters. The summed E-state index contributed by atoms with van der Waals surface area (Å²) in [6.45, 7) is 2.08. The molecule has 0 amide bonds. The van der Waals surface area contributed by atoms with E-state index in [2.05, 4.69) is 25.4 Å². The number of ether oxygens (including phenoxy) is 1. The molecule has 32 heavy (non-hydrogen) atoms. The zero-order chi connectivity index (χ0) is 22.9. The smallest absolute Gasteiger partial charge is 0.318 e. The Hall–Kier alpha value is -2.56. The zero-order valence-corrected chi connectivity index (χ0v) is 19.3. The van der Waals surface area contributed by atoms with Crippen molar-refractivity contribution < 1.29 is 18.6 Å². The second-order valence-electron chi connectivity index (χ2n) is 6.50. The molecule has 2 aromatic heterocycles. The van der Waals surface area contributed by atoms with Crippen molar-refractivity contribution in [2.45, 2.75) is 19.3 Å². The second kappa shape index (κ2) is 11.9. The van der Waals surface area contributed by atoms with Gasteiger partial charge in [0.25, 0.3) is 0 Å². The molecule has 4 N–H and O–H groups in total. The van der Waals surface area contributed by atoms with Gasteiger partial charge in [-0.2, -0.15) is 9.97 Å². The minimum atomic E-state index is -1.57. The van der Waals surface area contributed by atoms with Crippen LogP contribution in [0.3, 0.4) is 0 Å². The van der Waals surface area contributed by atoms with Crippen molar-refractivity contribution >= 4 is 49.3 Å². The van der Waals surface area contributed by atoms with E-state index in [-0.39, 0.29) is 25.0 Å². The van der Waals surface area contributed by atoms with Gasteiger partial charge in [-0.15, -0.1) is 11.6 Å². The van der Waals surface area contributed by atoms with E-state index >= 15 is 0 Å². The van der Waals surface area contributed by atoms with Gasteiger partial charge in [-0.1, -0.05) is 18.2 Å². The van der Waals surface area contributed by atoms with Gasteiger partial charge in [0.05, 0.1) is 31.5 Å². The predicted octanol–water partition coefficient (Wildman–Crippen LogP) is 2.70. The lowest BCUT2D eigenvalue weighted by atomic mass is 10.3. The topological polar surface area (TPSA) is 138 Å². The monoisotopic (exact) mass is 481 g/mol. The summed E-state index contributed by atoms with van der Waals surface area (Å²) in [6.07, 6.45) is 1.42. The number of aromatic nitrogens is 4. The van der Waals surface area contributed by atoms with Gasteiger partial charge in [-0.05, 0) is 19.1 Å². The number of nitrogens with two attached hydrogens (primary N) is 1. The van der Waals surface area contributed by atoms with Crippen molar-refractivity contribution in [3.05, 3.63) is 36.7 Å². The summed E-state index contributed by atoms with van der Waals surface area (Å²) < 4.78 is 19.5. The minimum absolute atomic E-state index is 0.0945. The third-order valence-electron chi connectivity index (χ3n) is 4.24. The number of aldehydes is 1. The van der Waals surface area contributed by atoms with E-state index < -0.39 is 20.9 Å². The summed E-state index contributed by atoms with van der Waals surface area (Å²) >= 11 is 6.12. The van der Waals surface area contributed by atoms with Crippen LogP contribution in [-0.2, 0) is 14.1 Å². The molecule has 172 valence electrons. The number of halogens is 1. The SMILES string of the molecule is CNc1nc(N)nc2c1ncn2C(C)OC(CCl)COP(NCC=O)Oc1ccccc1. The Balaban J connectivity index is 1.65. The molecule has 0 aliphatic heterocycles. The van der Waals surface area contributed by atoms with Gasteiger partial charge in [-0.3, -0.25) is 4.57 Å². The third kappa shape index (κ3) is 6.24. The van der Waals surface area contributed by atoms with Gasteiger partial charge in [0.2, 0.25) is 5.95 Å².